The zero-order valence-electron chi connectivity index (χ0n) is 8.78. The molecule has 0 radical (unpaired) electrons. The molecule has 0 aliphatic carbocycles. The summed E-state index contributed by atoms with van der Waals surface area (Å²) in [6.07, 6.45) is 3.91. The fourth-order valence-corrected chi connectivity index (χ4v) is 1.89. The first-order valence-corrected chi connectivity index (χ1v) is 5.07. The fraction of sp³-hybridized carbons (Fsp3) is 0.167. The Kier molecular flexibility index (Phi) is 4.80. The number of allylic oxidation sites excluding steroid dienone is 2. The lowest BCUT2D eigenvalue weighted by atomic mass is 10.0. The normalized spacial score (nSPS) is 15.1. The average molecular weight is 352 g/mol. The van der Waals surface area contributed by atoms with Gasteiger partial charge in [-0.05, 0) is 35.5 Å². The van der Waals surface area contributed by atoms with Gasteiger partial charge in [-0.25, -0.2) is 4.39 Å². The summed E-state index contributed by atoms with van der Waals surface area (Å²) in [6, 6.07) is 6.36. The van der Waals surface area contributed by atoms with E-state index >= 15 is 0 Å². The molecule has 1 nitrogen and oxygen atoms in total. The van der Waals surface area contributed by atoms with Crippen molar-refractivity contribution in [3.63, 3.8) is 0 Å². The van der Waals surface area contributed by atoms with Gasteiger partial charge in [0.15, 0.2) is 0 Å². The van der Waals surface area contributed by atoms with E-state index < -0.39 is 0 Å². The summed E-state index contributed by atoms with van der Waals surface area (Å²) >= 11 is 6.14. The molecule has 1 aromatic carbocycles. The van der Waals surface area contributed by atoms with E-state index in [-0.39, 0.29) is 29.8 Å². The third-order valence-corrected chi connectivity index (χ3v) is 2.65. The van der Waals surface area contributed by atoms with E-state index in [2.05, 4.69) is 0 Å². The molecule has 2 rings (SSSR count). The molecule has 0 atom stereocenters. The van der Waals surface area contributed by atoms with Crippen molar-refractivity contribution in [1.29, 1.82) is 0 Å². The molecular weight excluding hydrogens is 339 g/mol. The summed E-state index contributed by atoms with van der Waals surface area (Å²) in [7, 11) is 1.96. The number of likely N-dealkylation sites (N-methyl/N-ethyl adjacent to an activating group) is 1. The van der Waals surface area contributed by atoms with Gasteiger partial charge in [0.25, 0.3) is 0 Å². The van der Waals surface area contributed by atoms with Crippen molar-refractivity contribution < 1.29 is 4.39 Å². The Bertz CT molecular complexity index is 425. The second kappa shape index (κ2) is 5.68. The third-order valence-electron chi connectivity index (χ3n) is 2.33. The van der Waals surface area contributed by atoms with Crippen molar-refractivity contribution in [1.82, 2.24) is 4.90 Å². The number of hydrogen-bond acceptors (Lipinski definition) is 1. The SMILES string of the molecule is CN1C=CC(c2ccc(F)cc2)=C(Cl)C1.I. The smallest absolute Gasteiger partial charge is 0.123 e. The standard InChI is InChI=1S/C12H11ClFN.HI/c1-15-7-6-11(12(13)8-15)9-2-4-10(14)5-3-9;/h2-7H,8H2,1H3;1H. The van der Waals surface area contributed by atoms with Gasteiger partial charge in [-0.3, -0.25) is 0 Å². The second-order valence-corrected chi connectivity index (χ2v) is 4.01. The van der Waals surface area contributed by atoms with Crippen LogP contribution in [0.1, 0.15) is 5.56 Å². The predicted molar refractivity (Wildman–Crippen MR) is 76.4 cm³/mol. The minimum absolute atomic E-state index is 0. The molecule has 16 heavy (non-hydrogen) atoms. The molecule has 1 aliphatic rings. The quantitative estimate of drug-likeness (QED) is 0.695. The number of halogens is 3. The summed E-state index contributed by atoms with van der Waals surface area (Å²) in [5.74, 6) is -0.229. The van der Waals surface area contributed by atoms with Crippen molar-refractivity contribution in [2.75, 3.05) is 13.6 Å². The van der Waals surface area contributed by atoms with Gasteiger partial charge in [0, 0.05) is 12.1 Å². The second-order valence-electron chi connectivity index (χ2n) is 3.56. The minimum Gasteiger partial charge on any atom is -0.375 e. The van der Waals surface area contributed by atoms with Crippen LogP contribution in [-0.2, 0) is 0 Å². The topological polar surface area (TPSA) is 3.24 Å². The summed E-state index contributed by atoms with van der Waals surface area (Å²) in [6.45, 7) is 0.699. The Morgan fingerprint density at radius 2 is 1.88 bits per heavy atom. The van der Waals surface area contributed by atoms with Crippen LogP contribution in [0, 0.1) is 5.82 Å². The monoisotopic (exact) mass is 351 g/mol. The molecule has 0 saturated heterocycles. The van der Waals surface area contributed by atoms with Crippen molar-refractivity contribution in [2.45, 2.75) is 0 Å². The van der Waals surface area contributed by atoms with Crippen LogP contribution < -0.4 is 0 Å². The Morgan fingerprint density at radius 1 is 1.25 bits per heavy atom. The van der Waals surface area contributed by atoms with E-state index in [0.29, 0.717) is 6.54 Å². The molecular formula is C12H12ClFIN. The van der Waals surface area contributed by atoms with Gasteiger partial charge < -0.3 is 4.90 Å². The highest BCUT2D eigenvalue weighted by molar-refractivity contribution is 14.0. The van der Waals surface area contributed by atoms with Gasteiger partial charge >= 0.3 is 0 Å². The lowest BCUT2D eigenvalue weighted by Crippen LogP contribution is -2.16. The largest absolute Gasteiger partial charge is 0.375 e. The fourth-order valence-electron chi connectivity index (χ4n) is 1.53. The molecule has 0 bridgehead atoms. The lowest BCUT2D eigenvalue weighted by Gasteiger charge is -2.20. The van der Waals surface area contributed by atoms with Crippen LogP contribution >= 0.6 is 35.6 Å². The molecule has 0 saturated carbocycles. The van der Waals surface area contributed by atoms with Gasteiger partial charge in [-0.15, -0.1) is 24.0 Å². The van der Waals surface area contributed by atoms with E-state index in [4.69, 9.17) is 11.6 Å². The maximum atomic E-state index is 12.7. The Balaban J connectivity index is 0.00000128. The Morgan fingerprint density at radius 3 is 2.44 bits per heavy atom. The van der Waals surface area contributed by atoms with Crippen LogP contribution in [0.15, 0.2) is 41.6 Å². The molecule has 0 amide bonds. The molecule has 1 aromatic rings. The molecule has 86 valence electrons. The first-order chi connectivity index (χ1) is 7.16. The maximum absolute atomic E-state index is 12.7. The molecule has 0 unspecified atom stereocenters. The molecule has 0 spiro atoms. The van der Waals surface area contributed by atoms with E-state index in [1.807, 2.05) is 24.2 Å². The summed E-state index contributed by atoms with van der Waals surface area (Å²) < 4.78 is 12.7. The molecule has 1 heterocycles. The van der Waals surface area contributed by atoms with E-state index in [0.717, 1.165) is 16.2 Å². The van der Waals surface area contributed by atoms with Gasteiger partial charge in [-0.1, -0.05) is 23.7 Å². The van der Waals surface area contributed by atoms with Crippen molar-refractivity contribution >= 4 is 41.2 Å². The first-order valence-electron chi connectivity index (χ1n) is 4.70. The molecule has 4 heteroatoms. The number of benzene rings is 1. The van der Waals surface area contributed by atoms with Crippen molar-refractivity contribution in [3.05, 3.63) is 53.0 Å². The van der Waals surface area contributed by atoms with Crippen LogP contribution in [0.5, 0.6) is 0 Å². The maximum Gasteiger partial charge on any atom is 0.123 e. The van der Waals surface area contributed by atoms with Crippen LogP contribution in [0.3, 0.4) is 0 Å². The van der Waals surface area contributed by atoms with Crippen LogP contribution in [0.2, 0.25) is 0 Å². The lowest BCUT2D eigenvalue weighted by molar-refractivity contribution is 0.502. The summed E-state index contributed by atoms with van der Waals surface area (Å²) in [5.41, 5.74) is 1.92. The Labute approximate surface area is 117 Å². The summed E-state index contributed by atoms with van der Waals surface area (Å²) in [5, 5.41) is 0.784. The molecule has 0 aromatic heterocycles. The van der Waals surface area contributed by atoms with E-state index in [9.17, 15) is 4.39 Å². The number of nitrogens with zero attached hydrogens (tertiary/aromatic N) is 1. The Hall–Kier alpha value is -0.550. The number of rotatable bonds is 1. The van der Waals surface area contributed by atoms with Gasteiger partial charge in [0.2, 0.25) is 0 Å². The summed E-state index contributed by atoms with van der Waals surface area (Å²) in [4.78, 5) is 2.00. The zero-order valence-corrected chi connectivity index (χ0v) is 11.9. The van der Waals surface area contributed by atoms with E-state index in [1.165, 1.54) is 12.1 Å². The minimum atomic E-state index is -0.229. The van der Waals surface area contributed by atoms with Gasteiger partial charge in [-0.2, -0.15) is 0 Å². The highest BCUT2D eigenvalue weighted by Crippen LogP contribution is 2.26. The highest BCUT2D eigenvalue weighted by Gasteiger charge is 2.10. The van der Waals surface area contributed by atoms with Crippen LogP contribution in [0.25, 0.3) is 5.57 Å². The van der Waals surface area contributed by atoms with Crippen LogP contribution in [0.4, 0.5) is 4.39 Å². The van der Waals surface area contributed by atoms with Gasteiger partial charge in [0.1, 0.15) is 5.82 Å². The van der Waals surface area contributed by atoms with E-state index in [1.54, 1.807) is 12.1 Å². The zero-order chi connectivity index (χ0) is 10.8. The highest BCUT2D eigenvalue weighted by atomic mass is 127. The molecule has 1 aliphatic heterocycles. The third kappa shape index (κ3) is 2.98. The average Bonchev–Trinajstić information content (AvgIpc) is 2.20. The van der Waals surface area contributed by atoms with Crippen LogP contribution in [-0.4, -0.2) is 18.5 Å². The molecule has 0 fully saturated rings. The van der Waals surface area contributed by atoms with Gasteiger partial charge in [0.05, 0.1) is 6.54 Å². The first kappa shape index (κ1) is 13.5. The number of hydrogen-bond donors (Lipinski definition) is 0. The predicted octanol–water partition coefficient (Wildman–Crippen LogP) is 3.85. The van der Waals surface area contributed by atoms with Crippen molar-refractivity contribution in [3.8, 4) is 0 Å². The molecule has 0 N–H and O–H groups in total. The van der Waals surface area contributed by atoms with Crippen molar-refractivity contribution in [2.24, 2.45) is 0 Å².